The summed E-state index contributed by atoms with van der Waals surface area (Å²) in [6.45, 7) is 8.51. The third-order valence-electron chi connectivity index (χ3n) is 4.68. The van der Waals surface area contributed by atoms with Crippen LogP contribution in [-0.2, 0) is 4.79 Å². The molecule has 0 aliphatic carbocycles. The summed E-state index contributed by atoms with van der Waals surface area (Å²) < 4.78 is 14.1. The van der Waals surface area contributed by atoms with Gasteiger partial charge in [0, 0.05) is 36.2 Å². The van der Waals surface area contributed by atoms with Gasteiger partial charge in [0.1, 0.15) is 5.82 Å². The van der Waals surface area contributed by atoms with Gasteiger partial charge in [-0.3, -0.25) is 4.79 Å². The fourth-order valence-electron chi connectivity index (χ4n) is 3.49. The molecule has 0 aromatic heterocycles. The summed E-state index contributed by atoms with van der Waals surface area (Å²) in [6.07, 6.45) is 3.78. The molecule has 0 bridgehead atoms. The fourth-order valence-corrected chi connectivity index (χ4v) is 3.49. The lowest BCUT2D eigenvalue weighted by Crippen LogP contribution is -2.25. The maximum atomic E-state index is 14.1. The van der Waals surface area contributed by atoms with Crippen LogP contribution in [-0.4, -0.2) is 19.0 Å². The molecule has 1 aliphatic rings. The van der Waals surface area contributed by atoms with Gasteiger partial charge in [-0.05, 0) is 55.7 Å². The topological polar surface area (TPSA) is 44.4 Å². The second kappa shape index (κ2) is 8.25. The summed E-state index contributed by atoms with van der Waals surface area (Å²) in [4.78, 5) is 14.6. The van der Waals surface area contributed by atoms with Crippen LogP contribution >= 0.6 is 0 Å². The molecular formula is C22H26FN3O. The summed E-state index contributed by atoms with van der Waals surface area (Å²) >= 11 is 0. The minimum absolute atomic E-state index is 0.298. The third-order valence-corrected chi connectivity index (χ3v) is 4.68. The number of amides is 1. The maximum Gasteiger partial charge on any atom is 0.257 e. The van der Waals surface area contributed by atoms with E-state index in [0.717, 1.165) is 31.6 Å². The number of anilines is 3. The molecule has 5 heteroatoms. The van der Waals surface area contributed by atoms with Gasteiger partial charge in [-0.15, -0.1) is 0 Å². The molecular weight excluding hydrogens is 341 g/mol. The molecule has 0 unspecified atom stereocenters. The van der Waals surface area contributed by atoms with Crippen LogP contribution < -0.4 is 15.5 Å². The van der Waals surface area contributed by atoms with Crippen molar-refractivity contribution in [2.75, 3.05) is 28.6 Å². The Hall–Kier alpha value is -2.82. The third kappa shape index (κ3) is 3.97. The molecule has 27 heavy (non-hydrogen) atoms. The number of carbonyl (C=O) groups is 1. The SMILES string of the molecule is CCCN(CCC)c1ccc(N/C=C2/C(=O)Nc3cccc(F)c32)cc1C. The van der Waals surface area contributed by atoms with Gasteiger partial charge in [-0.1, -0.05) is 19.9 Å². The van der Waals surface area contributed by atoms with Crippen LogP contribution in [0.1, 0.15) is 37.8 Å². The molecule has 4 nitrogen and oxygen atoms in total. The van der Waals surface area contributed by atoms with Crippen molar-refractivity contribution >= 4 is 28.5 Å². The van der Waals surface area contributed by atoms with E-state index in [2.05, 4.69) is 48.4 Å². The van der Waals surface area contributed by atoms with Crippen molar-refractivity contribution in [3.63, 3.8) is 0 Å². The van der Waals surface area contributed by atoms with E-state index in [0.29, 0.717) is 16.8 Å². The summed E-state index contributed by atoms with van der Waals surface area (Å²) in [7, 11) is 0. The Morgan fingerprint density at radius 2 is 1.89 bits per heavy atom. The van der Waals surface area contributed by atoms with Gasteiger partial charge in [0.2, 0.25) is 0 Å². The molecule has 2 N–H and O–H groups in total. The highest BCUT2D eigenvalue weighted by Gasteiger charge is 2.27. The van der Waals surface area contributed by atoms with Crippen molar-refractivity contribution in [1.82, 2.24) is 0 Å². The first-order valence-electron chi connectivity index (χ1n) is 9.47. The lowest BCUT2D eigenvalue weighted by atomic mass is 10.1. The highest BCUT2D eigenvalue weighted by molar-refractivity contribution is 6.31. The number of nitrogens with zero attached hydrogens (tertiary/aromatic N) is 1. The van der Waals surface area contributed by atoms with E-state index in [1.165, 1.54) is 17.3 Å². The Morgan fingerprint density at radius 3 is 2.56 bits per heavy atom. The quantitative estimate of drug-likeness (QED) is 0.664. The van der Waals surface area contributed by atoms with Crippen molar-refractivity contribution < 1.29 is 9.18 Å². The predicted molar refractivity (Wildman–Crippen MR) is 111 cm³/mol. The molecule has 0 fully saturated rings. The standard InChI is InChI=1S/C22H26FN3O/c1-4-11-26(12-5-2)20-10-9-16(13-15(20)3)24-14-17-21-18(23)7-6-8-19(21)25-22(17)27/h6-10,13-14,24H,4-5,11-12H2,1-3H3,(H,25,27)/b17-14+. The first kappa shape index (κ1) is 19.0. The predicted octanol–water partition coefficient (Wildman–Crippen LogP) is 5.17. The van der Waals surface area contributed by atoms with Crippen LogP contribution in [0.25, 0.3) is 5.57 Å². The van der Waals surface area contributed by atoms with Gasteiger partial charge in [-0.2, -0.15) is 0 Å². The monoisotopic (exact) mass is 367 g/mol. The number of nitrogens with one attached hydrogen (secondary N) is 2. The van der Waals surface area contributed by atoms with Crippen molar-refractivity contribution in [1.29, 1.82) is 0 Å². The van der Waals surface area contributed by atoms with E-state index < -0.39 is 5.82 Å². The van der Waals surface area contributed by atoms with Gasteiger partial charge in [0.05, 0.1) is 11.3 Å². The minimum atomic E-state index is -0.403. The Bertz CT molecular complexity index is 870. The first-order valence-corrected chi connectivity index (χ1v) is 9.47. The van der Waals surface area contributed by atoms with E-state index in [9.17, 15) is 9.18 Å². The molecule has 2 aromatic carbocycles. The normalized spacial score (nSPS) is 14.2. The zero-order valence-corrected chi connectivity index (χ0v) is 16.1. The summed E-state index contributed by atoms with van der Waals surface area (Å²) in [5, 5.41) is 5.84. The first-order chi connectivity index (χ1) is 13.0. The van der Waals surface area contributed by atoms with Crippen molar-refractivity contribution in [2.45, 2.75) is 33.6 Å². The van der Waals surface area contributed by atoms with Crippen LogP contribution in [0.15, 0.2) is 42.6 Å². The van der Waals surface area contributed by atoms with Crippen LogP contribution in [0.4, 0.5) is 21.5 Å². The summed E-state index contributed by atoms with van der Waals surface area (Å²) in [5.41, 5.74) is 4.40. The maximum absolute atomic E-state index is 14.1. The lowest BCUT2D eigenvalue weighted by molar-refractivity contribution is -0.110. The molecule has 0 saturated carbocycles. The summed E-state index contributed by atoms with van der Waals surface area (Å²) in [6, 6.07) is 10.8. The molecule has 0 atom stereocenters. The molecule has 1 aliphatic heterocycles. The molecule has 3 rings (SSSR count). The Labute approximate surface area is 160 Å². The average molecular weight is 367 g/mol. The van der Waals surface area contributed by atoms with Crippen molar-refractivity contribution in [2.24, 2.45) is 0 Å². The van der Waals surface area contributed by atoms with Crippen molar-refractivity contribution in [3.05, 3.63) is 59.5 Å². The van der Waals surface area contributed by atoms with Gasteiger partial charge >= 0.3 is 0 Å². The Morgan fingerprint density at radius 1 is 1.15 bits per heavy atom. The second-order valence-corrected chi connectivity index (χ2v) is 6.81. The number of rotatable bonds is 7. The number of halogens is 1. The number of benzene rings is 2. The van der Waals surface area contributed by atoms with Gasteiger partial charge in [0.25, 0.3) is 5.91 Å². The molecule has 2 aromatic rings. The number of fused-ring (bicyclic) bond motifs is 1. The molecule has 142 valence electrons. The highest BCUT2D eigenvalue weighted by atomic mass is 19.1. The fraction of sp³-hybridized carbons (Fsp3) is 0.318. The van der Waals surface area contributed by atoms with E-state index >= 15 is 0 Å². The zero-order chi connectivity index (χ0) is 19.4. The highest BCUT2D eigenvalue weighted by Crippen LogP contribution is 2.34. The molecule has 0 saturated heterocycles. The number of hydrogen-bond acceptors (Lipinski definition) is 3. The van der Waals surface area contributed by atoms with E-state index in [1.54, 1.807) is 18.3 Å². The molecule has 1 amide bonds. The smallest absolute Gasteiger partial charge is 0.257 e. The van der Waals surface area contributed by atoms with E-state index in [1.807, 2.05) is 6.07 Å². The molecule has 0 radical (unpaired) electrons. The number of carbonyl (C=O) groups excluding carboxylic acids is 1. The Balaban J connectivity index is 1.82. The number of aryl methyl sites for hydroxylation is 1. The Kier molecular flexibility index (Phi) is 5.79. The average Bonchev–Trinajstić information content (AvgIpc) is 2.96. The second-order valence-electron chi connectivity index (χ2n) is 6.81. The van der Waals surface area contributed by atoms with Gasteiger partial charge < -0.3 is 15.5 Å². The van der Waals surface area contributed by atoms with Crippen LogP contribution in [0.2, 0.25) is 0 Å². The lowest BCUT2D eigenvalue weighted by Gasteiger charge is -2.26. The van der Waals surface area contributed by atoms with Gasteiger partial charge in [0.15, 0.2) is 0 Å². The van der Waals surface area contributed by atoms with E-state index in [4.69, 9.17) is 0 Å². The van der Waals surface area contributed by atoms with Gasteiger partial charge in [-0.25, -0.2) is 4.39 Å². The largest absolute Gasteiger partial charge is 0.371 e. The van der Waals surface area contributed by atoms with Crippen LogP contribution in [0.3, 0.4) is 0 Å². The molecule has 1 heterocycles. The number of hydrogen-bond donors (Lipinski definition) is 2. The van der Waals surface area contributed by atoms with Crippen LogP contribution in [0.5, 0.6) is 0 Å². The molecule has 0 spiro atoms. The zero-order valence-electron chi connectivity index (χ0n) is 16.1. The van der Waals surface area contributed by atoms with Crippen molar-refractivity contribution in [3.8, 4) is 0 Å². The summed E-state index contributed by atoms with van der Waals surface area (Å²) in [5.74, 6) is -0.701. The van der Waals surface area contributed by atoms with Crippen LogP contribution in [0, 0.1) is 12.7 Å². The minimum Gasteiger partial charge on any atom is -0.371 e. The van der Waals surface area contributed by atoms with E-state index in [-0.39, 0.29) is 5.91 Å².